The van der Waals surface area contributed by atoms with Crippen molar-refractivity contribution >= 4 is 5.91 Å². The van der Waals surface area contributed by atoms with E-state index in [0.29, 0.717) is 0 Å². The predicted molar refractivity (Wildman–Crippen MR) is 89.9 cm³/mol. The Labute approximate surface area is 138 Å². The molecule has 1 saturated heterocycles. The molecular formula is C19H27NO3. The number of amides is 1. The zero-order valence-electron chi connectivity index (χ0n) is 14.2. The van der Waals surface area contributed by atoms with E-state index in [-0.39, 0.29) is 17.4 Å². The molecule has 0 unspecified atom stereocenters. The van der Waals surface area contributed by atoms with Crippen molar-refractivity contribution in [1.82, 2.24) is 5.32 Å². The van der Waals surface area contributed by atoms with Crippen LogP contribution in [0.25, 0.3) is 0 Å². The van der Waals surface area contributed by atoms with Crippen LogP contribution in [0.5, 0.6) is 5.75 Å². The summed E-state index contributed by atoms with van der Waals surface area (Å²) in [6.07, 6.45) is 5.90. The lowest BCUT2D eigenvalue weighted by Gasteiger charge is -2.32. The Kier molecular flexibility index (Phi) is 4.90. The predicted octanol–water partition coefficient (Wildman–Crippen LogP) is 3.11. The largest absolute Gasteiger partial charge is 0.496 e. The lowest BCUT2D eigenvalue weighted by atomic mass is 9.77. The van der Waals surface area contributed by atoms with Gasteiger partial charge in [0.05, 0.1) is 12.5 Å². The molecule has 0 radical (unpaired) electrons. The van der Waals surface area contributed by atoms with Crippen LogP contribution >= 0.6 is 0 Å². The first-order valence-electron chi connectivity index (χ1n) is 8.69. The van der Waals surface area contributed by atoms with Gasteiger partial charge in [0, 0.05) is 19.3 Å². The number of rotatable bonds is 4. The molecule has 1 heterocycles. The Morgan fingerprint density at radius 1 is 1.26 bits per heavy atom. The number of nitrogens with one attached hydrogen (secondary N) is 1. The number of carbonyl (C=O) groups is 1. The van der Waals surface area contributed by atoms with Crippen LogP contribution in [0, 0.1) is 6.92 Å². The van der Waals surface area contributed by atoms with Gasteiger partial charge in [-0.3, -0.25) is 4.79 Å². The number of hydrogen-bond acceptors (Lipinski definition) is 3. The molecule has 1 aromatic rings. The van der Waals surface area contributed by atoms with E-state index in [1.54, 1.807) is 7.11 Å². The number of hydrogen-bond donors (Lipinski definition) is 1. The maximum Gasteiger partial charge on any atom is 0.230 e. The second kappa shape index (κ2) is 6.91. The van der Waals surface area contributed by atoms with Crippen LogP contribution in [0.1, 0.15) is 49.7 Å². The van der Waals surface area contributed by atoms with E-state index in [9.17, 15) is 4.79 Å². The number of methoxy groups -OCH3 is 1. The van der Waals surface area contributed by atoms with Gasteiger partial charge in [0.2, 0.25) is 5.91 Å². The van der Waals surface area contributed by atoms with Crippen LogP contribution in [0.4, 0.5) is 0 Å². The van der Waals surface area contributed by atoms with Gasteiger partial charge in [-0.1, -0.05) is 25.0 Å². The fourth-order valence-corrected chi connectivity index (χ4v) is 3.91. The summed E-state index contributed by atoms with van der Waals surface area (Å²) in [6.45, 7) is 3.53. The lowest BCUT2D eigenvalue weighted by Crippen LogP contribution is -2.48. The van der Waals surface area contributed by atoms with Gasteiger partial charge in [-0.15, -0.1) is 0 Å². The quantitative estimate of drug-likeness (QED) is 0.928. The molecule has 1 saturated carbocycles. The van der Waals surface area contributed by atoms with Gasteiger partial charge in [-0.05, 0) is 49.8 Å². The third-order valence-electron chi connectivity index (χ3n) is 5.41. The molecule has 1 aromatic carbocycles. The van der Waals surface area contributed by atoms with Gasteiger partial charge in [0.1, 0.15) is 5.75 Å². The molecule has 2 fully saturated rings. The Balaban J connectivity index is 1.85. The minimum atomic E-state index is -0.390. The van der Waals surface area contributed by atoms with E-state index in [1.165, 1.54) is 0 Å². The van der Waals surface area contributed by atoms with Crippen molar-refractivity contribution in [2.45, 2.75) is 56.9 Å². The fourth-order valence-electron chi connectivity index (χ4n) is 3.91. The van der Waals surface area contributed by atoms with Crippen LogP contribution in [-0.2, 0) is 14.9 Å². The molecule has 1 amide bonds. The minimum Gasteiger partial charge on any atom is -0.496 e. The standard InChI is InChI=1S/C19H27NO3/c1-14-5-6-15(13-17(14)22-2)19(9-3-4-10-19)18(21)20-16-7-11-23-12-8-16/h5-6,13,16H,3-4,7-12H2,1-2H3,(H,20,21). The monoisotopic (exact) mass is 317 g/mol. The Morgan fingerprint density at radius 2 is 1.96 bits per heavy atom. The molecule has 0 aromatic heterocycles. The van der Waals surface area contributed by atoms with Crippen LogP contribution in [0.2, 0.25) is 0 Å². The van der Waals surface area contributed by atoms with Gasteiger partial charge in [0.25, 0.3) is 0 Å². The van der Waals surface area contributed by atoms with Crippen molar-refractivity contribution in [2.75, 3.05) is 20.3 Å². The van der Waals surface area contributed by atoms with Gasteiger partial charge < -0.3 is 14.8 Å². The highest BCUT2D eigenvalue weighted by Crippen LogP contribution is 2.43. The molecule has 0 atom stereocenters. The summed E-state index contributed by atoms with van der Waals surface area (Å²) in [5.74, 6) is 1.06. The smallest absolute Gasteiger partial charge is 0.230 e. The SMILES string of the molecule is COc1cc(C2(C(=O)NC3CCOCC3)CCCC2)ccc1C. The van der Waals surface area contributed by atoms with Crippen LogP contribution in [0.15, 0.2) is 18.2 Å². The van der Waals surface area contributed by atoms with Gasteiger partial charge >= 0.3 is 0 Å². The Morgan fingerprint density at radius 3 is 2.61 bits per heavy atom. The van der Waals surface area contributed by atoms with E-state index in [4.69, 9.17) is 9.47 Å². The molecule has 1 N–H and O–H groups in total. The molecule has 1 aliphatic carbocycles. The number of ether oxygens (including phenoxy) is 2. The van der Waals surface area contributed by atoms with Crippen LogP contribution < -0.4 is 10.1 Å². The fraction of sp³-hybridized carbons (Fsp3) is 0.632. The normalized spacial score (nSPS) is 21.1. The van der Waals surface area contributed by atoms with Crippen molar-refractivity contribution in [3.8, 4) is 5.75 Å². The Hall–Kier alpha value is -1.55. The molecule has 126 valence electrons. The zero-order chi connectivity index (χ0) is 16.3. The summed E-state index contributed by atoms with van der Waals surface area (Å²) >= 11 is 0. The van der Waals surface area contributed by atoms with Crippen LogP contribution in [-0.4, -0.2) is 32.3 Å². The second-order valence-corrected chi connectivity index (χ2v) is 6.83. The van der Waals surface area contributed by atoms with Crippen molar-refractivity contribution < 1.29 is 14.3 Å². The maximum absolute atomic E-state index is 13.1. The molecule has 0 bridgehead atoms. The minimum absolute atomic E-state index is 0.188. The zero-order valence-corrected chi connectivity index (χ0v) is 14.2. The van der Waals surface area contributed by atoms with Gasteiger partial charge in [-0.25, -0.2) is 0 Å². The summed E-state index contributed by atoms with van der Waals surface area (Å²) in [4.78, 5) is 13.1. The third-order valence-corrected chi connectivity index (χ3v) is 5.41. The number of benzene rings is 1. The van der Waals surface area contributed by atoms with E-state index < -0.39 is 0 Å². The first-order valence-corrected chi connectivity index (χ1v) is 8.69. The number of aryl methyl sites for hydroxylation is 1. The average molecular weight is 317 g/mol. The van der Waals surface area contributed by atoms with E-state index in [0.717, 1.165) is 68.6 Å². The van der Waals surface area contributed by atoms with Crippen molar-refractivity contribution in [2.24, 2.45) is 0 Å². The molecule has 4 nitrogen and oxygen atoms in total. The van der Waals surface area contributed by atoms with E-state index in [2.05, 4.69) is 23.5 Å². The van der Waals surface area contributed by atoms with Crippen molar-refractivity contribution in [3.63, 3.8) is 0 Å². The highest BCUT2D eigenvalue weighted by Gasteiger charge is 2.43. The summed E-state index contributed by atoms with van der Waals surface area (Å²) in [5.41, 5.74) is 1.82. The van der Waals surface area contributed by atoms with E-state index >= 15 is 0 Å². The molecule has 1 aliphatic heterocycles. The first-order chi connectivity index (χ1) is 11.2. The lowest BCUT2D eigenvalue weighted by molar-refractivity contribution is -0.128. The molecule has 23 heavy (non-hydrogen) atoms. The second-order valence-electron chi connectivity index (χ2n) is 6.83. The molecular weight excluding hydrogens is 290 g/mol. The molecule has 0 spiro atoms. The number of carbonyl (C=O) groups excluding carboxylic acids is 1. The van der Waals surface area contributed by atoms with Gasteiger partial charge in [0.15, 0.2) is 0 Å². The molecule has 3 rings (SSSR count). The van der Waals surface area contributed by atoms with Crippen molar-refractivity contribution in [3.05, 3.63) is 29.3 Å². The highest BCUT2D eigenvalue weighted by molar-refractivity contribution is 5.89. The summed E-state index contributed by atoms with van der Waals surface area (Å²) in [6, 6.07) is 6.48. The maximum atomic E-state index is 13.1. The van der Waals surface area contributed by atoms with E-state index in [1.807, 2.05) is 6.92 Å². The van der Waals surface area contributed by atoms with Gasteiger partial charge in [-0.2, -0.15) is 0 Å². The van der Waals surface area contributed by atoms with Crippen molar-refractivity contribution in [1.29, 1.82) is 0 Å². The highest BCUT2D eigenvalue weighted by atomic mass is 16.5. The molecule has 4 heteroatoms. The summed E-state index contributed by atoms with van der Waals surface area (Å²) in [7, 11) is 1.69. The topological polar surface area (TPSA) is 47.6 Å². The first kappa shape index (κ1) is 16.3. The summed E-state index contributed by atoms with van der Waals surface area (Å²) < 4.78 is 10.9. The summed E-state index contributed by atoms with van der Waals surface area (Å²) in [5, 5.41) is 3.29. The Bertz CT molecular complexity index is 558. The molecule has 2 aliphatic rings. The third kappa shape index (κ3) is 3.23. The van der Waals surface area contributed by atoms with Crippen LogP contribution in [0.3, 0.4) is 0 Å². The average Bonchev–Trinajstić information content (AvgIpc) is 3.07.